The van der Waals surface area contributed by atoms with Crippen LogP contribution in [0.25, 0.3) is 0 Å². The van der Waals surface area contributed by atoms with Crippen LogP contribution in [0.2, 0.25) is 0 Å². The van der Waals surface area contributed by atoms with Gasteiger partial charge < -0.3 is 9.05 Å². The molecule has 34 heavy (non-hydrogen) atoms. The van der Waals surface area contributed by atoms with E-state index in [0.29, 0.717) is 0 Å². The fraction of sp³-hybridized carbons (Fsp3) is 0.571. The van der Waals surface area contributed by atoms with Gasteiger partial charge in [-0.15, -0.1) is 0 Å². The normalized spacial score (nSPS) is 25.5. The number of rotatable bonds is 0. The second-order valence-corrected chi connectivity index (χ2v) is 30.5. The Morgan fingerprint density at radius 3 is 1.06 bits per heavy atom. The maximum atomic E-state index is 7.01. The molecule has 5 rings (SSSR count). The minimum Gasteiger partial charge on any atom is -0.463 e. The smallest absolute Gasteiger partial charge is 0.159 e. The van der Waals surface area contributed by atoms with E-state index in [9.17, 15) is 0 Å². The molecule has 2 aromatic rings. The molecule has 0 saturated carbocycles. The van der Waals surface area contributed by atoms with Crippen molar-refractivity contribution in [2.45, 2.75) is 105 Å². The maximum absolute atomic E-state index is 7.01. The molecule has 0 aromatic heterocycles. The first kappa shape index (κ1) is 25.4. The summed E-state index contributed by atoms with van der Waals surface area (Å²) in [5.41, 5.74) is 6.03. The predicted octanol–water partition coefficient (Wildman–Crippen LogP) is 10.0. The van der Waals surface area contributed by atoms with Crippen molar-refractivity contribution in [1.29, 1.82) is 0 Å². The fourth-order valence-corrected chi connectivity index (χ4v) is 35.2. The van der Waals surface area contributed by atoms with E-state index in [4.69, 9.17) is 9.05 Å². The molecule has 3 aliphatic rings. The van der Waals surface area contributed by atoms with Crippen molar-refractivity contribution in [2.24, 2.45) is 0 Å². The Bertz CT molecular complexity index is 1070. The van der Waals surface area contributed by atoms with Crippen LogP contribution in [0.4, 0.5) is 0 Å². The Morgan fingerprint density at radius 2 is 0.794 bits per heavy atom. The van der Waals surface area contributed by atoms with Crippen LogP contribution in [0.1, 0.15) is 105 Å². The molecule has 1 fully saturated rings. The van der Waals surface area contributed by atoms with Crippen molar-refractivity contribution in [2.75, 3.05) is 0 Å². The summed E-state index contributed by atoms with van der Waals surface area (Å²) >= 11 is 0. The largest absolute Gasteiger partial charge is 0.463 e. The van der Waals surface area contributed by atoms with Crippen LogP contribution in [-0.2, 0) is 21.7 Å². The molecule has 2 aromatic carbocycles. The lowest BCUT2D eigenvalue weighted by atomic mass is 9.80. The molecule has 3 heterocycles. The molecule has 0 spiro atoms. The zero-order valence-corrected chi connectivity index (χ0v) is 26.5. The molecule has 3 aliphatic heterocycles. The minimum absolute atomic E-state index is 0.0647. The van der Waals surface area contributed by atoms with Gasteiger partial charge in [0.15, 0.2) is 15.1 Å². The van der Waals surface area contributed by atoms with Gasteiger partial charge in [0.2, 0.25) is 0 Å². The molecular weight excluding hydrogens is 492 g/mol. The molecule has 6 heteroatoms. The van der Waals surface area contributed by atoms with Crippen molar-refractivity contribution in [3.05, 3.63) is 46.5 Å². The van der Waals surface area contributed by atoms with Crippen molar-refractivity contribution in [3.8, 4) is 11.5 Å². The summed E-state index contributed by atoms with van der Waals surface area (Å²) in [5, 5.41) is 3.01. The summed E-state index contributed by atoms with van der Waals surface area (Å²) in [6.45, 7) is 27.9. The molecule has 0 aliphatic carbocycles. The second-order valence-electron chi connectivity index (χ2n) is 14.0. The van der Waals surface area contributed by atoms with E-state index in [2.05, 4.69) is 107 Å². The van der Waals surface area contributed by atoms with Gasteiger partial charge in [-0.3, -0.25) is 0 Å². The van der Waals surface area contributed by atoms with Gasteiger partial charge >= 0.3 is 0 Å². The summed E-state index contributed by atoms with van der Waals surface area (Å²) < 4.78 is 14.0. The fourth-order valence-electron chi connectivity index (χ4n) is 4.64. The molecule has 184 valence electrons. The summed E-state index contributed by atoms with van der Waals surface area (Å²) in [6.07, 6.45) is 0. The van der Waals surface area contributed by atoms with Crippen molar-refractivity contribution in [3.63, 3.8) is 0 Å². The zero-order chi connectivity index (χ0) is 25.2. The van der Waals surface area contributed by atoms with Crippen molar-refractivity contribution >= 4 is 40.3 Å². The first-order valence-electron chi connectivity index (χ1n) is 12.3. The lowest BCUT2D eigenvalue weighted by Gasteiger charge is -2.39. The highest BCUT2D eigenvalue weighted by Gasteiger charge is 2.66. The quantitative estimate of drug-likeness (QED) is 0.314. The van der Waals surface area contributed by atoms with E-state index < -0.39 is 15.1 Å². The second kappa shape index (κ2) is 7.64. The Hall–Kier alpha value is -0.240. The van der Waals surface area contributed by atoms with Crippen LogP contribution in [0.5, 0.6) is 11.5 Å². The average molecular weight is 533 g/mol. The molecule has 2 nitrogen and oxygen atoms in total. The van der Waals surface area contributed by atoms with Gasteiger partial charge in [-0.1, -0.05) is 95.2 Å². The molecule has 0 atom stereocenters. The highest BCUT2D eigenvalue weighted by atomic mass is 33.0. The van der Waals surface area contributed by atoms with Crippen molar-refractivity contribution in [1.82, 2.24) is 0 Å². The molecular formula is C28H40O2P4. The number of hydrogen-bond donors (Lipinski definition) is 0. The van der Waals surface area contributed by atoms with Gasteiger partial charge in [-0.25, -0.2) is 0 Å². The third kappa shape index (κ3) is 3.90. The standard InChI is InChI=1S/C28H40O2P4/c1-25(2,3)17-13-19(27(7,8)9)23-21(15-17)31-33(29-23)32-22-16-18(26(4,5)6)14-20(28(10,11)12)24(22)30-34(31)32/h13-16H,1-12H3. The Kier molecular flexibility index (Phi) is 5.71. The van der Waals surface area contributed by atoms with Crippen molar-refractivity contribution < 1.29 is 9.05 Å². The first-order valence-corrected chi connectivity index (χ1v) is 20.4. The van der Waals surface area contributed by atoms with E-state index in [1.165, 1.54) is 44.4 Å². The number of fused-ring (bicyclic) bond motifs is 8. The predicted molar refractivity (Wildman–Crippen MR) is 156 cm³/mol. The van der Waals surface area contributed by atoms with Gasteiger partial charge in [-0.2, -0.15) is 0 Å². The molecule has 0 radical (unpaired) electrons. The van der Waals surface area contributed by atoms with Gasteiger partial charge in [0.25, 0.3) is 0 Å². The van der Waals surface area contributed by atoms with E-state index in [0.717, 1.165) is 0 Å². The van der Waals surface area contributed by atoms with Gasteiger partial charge in [0.1, 0.15) is 11.5 Å². The van der Waals surface area contributed by atoms with Gasteiger partial charge in [0.05, 0.1) is 14.6 Å². The Labute approximate surface area is 211 Å². The molecule has 1 saturated heterocycles. The zero-order valence-electron chi connectivity index (χ0n) is 22.9. The van der Waals surface area contributed by atoms with Crippen LogP contribution in [0, 0.1) is 0 Å². The highest BCUT2D eigenvalue weighted by molar-refractivity contribution is 9.10. The van der Waals surface area contributed by atoms with E-state index >= 15 is 0 Å². The average Bonchev–Trinajstić information content (AvgIpc) is 3.13. The maximum Gasteiger partial charge on any atom is 0.159 e. The van der Waals surface area contributed by atoms with E-state index in [1.807, 2.05) is 0 Å². The monoisotopic (exact) mass is 532 g/mol. The van der Waals surface area contributed by atoms with Crippen LogP contribution >= 0.6 is 29.6 Å². The van der Waals surface area contributed by atoms with E-state index in [-0.39, 0.29) is 36.3 Å². The van der Waals surface area contributed by atoms with Crippen LogP contribution in [0.3, 0.4) is 0 Å². The summed E-state index contributed by atoms with van der Waals surface area (Å²) in [6, 6.07) is 9.84. The molecule has 0 unspecified atom stereocenters. The van der Waals surface area contributed by atoms with Crippen LogP contribution in [-0.4, -0.2) is 0 Å². The Morgan fingerprint density at radius 1 is 0.471 bits per heavy atom. The number of benzene rings is 2. The lowest BCUT2D eigenvalue weighted by molar-refractivity contribution is 0.538. The molecule has 0 N–H and O–H groups in total. The molecule has 0 bridgehead atoms. The summed E-state index contributed by atoms with van der Waals surface area (Å²) in [7, 11) is -1.64. The SMILES string of the molecule is CC(C)(C)c1cc2c(c(C(C)(C)C)c1)OP1P2P2Oc3c(cc(C(C)(C)C)cc3C(C)(C)C)P12. The van der Waals surface area contributed by atoms with Gasteiger partial charge in [-0.05, 0) is 44.9 Å². The number of hydrogen-bond acceptors (Lipinski definition) is 2. The third-order valence-electron chi connectivity index (χ3n) is 6.91. The molecule has 0 amide bonds. The summed E-state index contributed by atoms with van der Waals surface area (Å²) in [4.78, 5) is 0. The highest BCUT2D eigenvalue weighted by Crippen LogP contribution is 3.22. The topological polar surface area (TPSA) is 18.5 Å². The van der Waals surface area contributed by atoms with E-state index in [1.54, 1.807) is 0 Å². The van der Waals surface area contributed by atoms with Crippen LogP contribution < -0.4 is 19.7 Å². The first-order chi connectivity index (χ1) is 15.4. The summed E-state index contributed by atoms with van der Waals surface area (Å²) in [5.74, 6) is 2.43. The Balaban J connectivity index is 1.64. The van der Waals surface area contributed by atoms with Crippen LogP contribution in [0.15, 0.2) is 24.3 Å². The lowest BCUT2D eigenvalue weighted by Crippen LogP contribution is -2.20. The third-order valence-corrected chi connectivity index (χ3v) is 35.3. The van der Waals surface area contributed by atoms with Gasteiger partial charge in [0, 0.05) is 21.7 Å². The minimum atomic E-state index is -0.474.